The molecule has 1 aliphatic rings. The highest BCUT2D eigenvalue weighted by molar-refractivity contribution is 7.10. The van der Waals surface area contributed by atoms with Gasteiger partial charge in [-0.2, -0.15) is 0 Å². The van der Waals surface area contributed by atoms with Gasteiger partial charge in [-0.1, -0.05) is 19.1 Å². The monoisotopic (exact) mass is 508 g/mol. The van der Waals surface area contributed by atoms with E-state index in [2.05, 4.69) is 11.4 Å². The first-order chi connectivity index (χ1) is 17.5. The van der Waals surface area contributed by atoms with Crippen LogP contribution in [-0.2, 0) is 11.2 Å². The van der Waals surface area contributed by atoms with Gasteiger partial charge in [0.2, 0.25) is 5.91 Å². The van der Waals surface area contributed by atoms with E-state index in [1.807, 2.05) is 36.1 Å². The van der Waals surface area contributed by atoms with Crippen molar-refractivity contribution in [3.05, 3.63) is 76.0 Å². The van der Waals surface area contributed by atoms with Crippen molar-refractivity contribution in [3.8, 4) is 17.2 Å². The van der Waals surface area contributed by atoms with Crippen molar-refractivity contribution < 1.29 is 23.8 Å². The minimum absolute atomic E-state index is 0.0172. The predicted molar refractivity (Wildman–Crippen MR) is 140 cm³/mol. The summed E-state index contributed by atoms with van der Waals surface area (Å²) in [6, 6.07) is 16.3. The first kappa shape index (κ1) is 25.6. The molecule has 0 spiro atoms. The van der Waals surface area contributed by atoms with Gasteiger partial charge < -0.3 is 24.0 Å². The number of hydrogen-bond donors (Lipinski definition) is 0. The molecule has 3 aromatic rings. The minimum Gasteiger partial charge on any atom is -0.497 e. The summed E-state index contributed by atoms with van der Waals surface area (Å²) in [6.45, 7) is 3.40. The van der Waals surface area contributed by atoms with Gasteiger partial charge in [-0.05, 0) is 66.2 Å². The first-order valence-electron chi connectivity index (χ1n) is 12.1. The lowest BCUT2D eigenvalue weighted by Gasteiger charge is -2.37. The van der Waals surface area contributed by atoms with E-state index in [1.54, 1.807) is 54.7 Å². The Kier molecular flexibility index (Phi) is 8.48. The van der Waals surface area contributed by atoms with Crippen molar-refractivity contribution >= 4 is 23.2 Å². The van der Waals surface area contributed by atoms with Crippen molar-refractivity contribution in [3.63, 3.8) is 0 Å². The van der Waals surface area contributed by atoms with Gasteiger partial charge >= 0.3 is 0 Å². The molecule has 36 heavy (non-hydrogen) atoms. The lowest BCUT2D eigenvalue weighted by atomic mass is 10.0. The molecule has 2 heterocycles. The van der Waals surface area contributed by atoms with Crippen molar-refractivity contribution in [2.45, 2.75) is 25.8 Å². The Morgan fingerprint density at radius 2 is 1.78 bits per heavy atom. The average molecular weight is 509 g/mol. The fourth-order valence-corrected chi connectivity index (χ4v) is 5.40. The number of ether oxygens (including phenoxy) is 3. The molecule has 1 atom stereocenters. The molecular formula is C28H32N2O5S. The molecule has 0 fully saturated rings. The molecule has 0 aliphatic carbocycles. The Hall–Kier alpha value is -3.52. The lowest BCUT2D eigenvalue weighted by Crippen LogP contribution is -2.48. The largest absolute Gasteiger partial charge is 0.497 e. The Labute approximate surface area is 216 Å². The SMILES string of the molecule is CCCN(CC(=O)N1CCc2sccc2[C@@H]1COc1ccccc1OC)C(=O)c1ccc(OC)cc1. The zero-order valence-corrected chi connectivity index (χ0v) is 21.8. The molecular weight excluding hydrogens is 476 g/mol. The second kappa shape index (κ2) is 11.9. The highest BCUT2D eigenvalue weighted by Crippen LogP contribution is 2.35. The van der Waals surface area contributed by atoms with Crippen LogP contribution >= 0.6 is 11.3 Å². The van der Waals surface area contributed by atoms with Gasteiger partial charge in [0, 0.05) is 23.5 Å². The summed E-state index contributed by atoms with van der Waals surface area (Å²) in [7, 11) is 3.20. The smallest absolute Gasteiger partial charge is 0.254 e. The van der Waals surface area contributed by atoms with Crippen molar-refractivity contribution in [1.82, 2.24) is 9.80 Å². The highest BCUT2D eigenvalue weighted by Gasteiger charge is 2.33. The van der Waals surface area contributed by atoms with Crippen LogP contribution in [0.5, 0.6) is 17.2 Å². The Bertz CT molecular complexity index is 1180. The van der Waals surface area contributed by atoms with Crippen LogP contribution in [0.15, 0.2) is 60.0 Å². The maximum Gasteiger partial charge on any atom is 0.254 e. The van der Waals surface area contributed by atoms with E-state index in [1.165, 1.54) is 4.88 Å². The standard InChI is InChI=1S/C28H32N2O5S/c1-4-15-29(28(32)20-9-11-21(33-2)12-10-20)18-27(31)30-16-13-26-22(14-17-36-26)23(30)19-35-25-8-6-5-7-24(25)34-3/h5-12,14,17,23H,4,13,15-16,18-19H2,1-3H3/t23-/m0/s1. The molecule has 0 unspecified atom stereocenters. The first-order valence-corrected chi connectivity index (χ1v) is 13.0. The maximum atomic E-state index is 13.6. The number of hydrogen-bond acceptors (Lipinski definition) is 6. The van der Waals surface area contributed by atoms with Crippen LogP contribution < -0.4 is 14.2 Å². The molecule has 0 saturated carbocycles. The zero-order chi connectivity index (χ0) is 25.5. The molecule has 2 amide bonds. The number of benzene rings is 2. The van der Waals surface area contributed by atoms with Crippen molar-refractivity contribution in [1.29, 1.82) is 0 Å². The fraction of sp³-hybridized carbons (Fsp3) is 0.357. The number of amides is 2. The third-order valence-electron chi connectivity index (χ3n) is 6.32. The summed E-state index contributed by atoms with van der Waals surface area (Å²) in [5.74, 6) is 1.72. The van der Waals surface area contributed by atoms with Gasteiger partial charge in [-0.15, -0.1) is 11.3 Å². The second-order valence-electron chi connectivity index (χ2n) is 8.57. The lowest BCUT2D eigenvalue weighted by molar-refractivity contribution is -0.135. The van der Waals surface area contributed by atoms with E-state index in [0.29, 0.717) is 42.5 Å². The summed E-state index contributed by atoms with van der Waals surface area (Å²) in [5, 5.41) is 2.06. The van der Waals surface area contributed by atoms with Crippen LogP contribution in [-0.4, -0.2) is 62.1 Å². The summed E-state index contributed by atoms with van der Waals surface area (Å²) in [5.41, 5.74) is 1.64. The fourth-order valence-electron chi connectivity index (χ4n) is 4.47. The van der Waals surface area contributed by atoms with Crippen LogP contribution in [0.2, 0.25) is 0 Å². The number of para-hydroxylation sites is 2. The van der Waals surface area contributed by atoms with Gasteiger partial charge in [0.15, 0.2) is 11.5 Å². The Morgan fingerprint density at radius 3 is 2.47 bits per heavy atom. The molecule has 8 heteroatoms. The number of nitrogens with zero attached hydrogens (tertiary/aromatic N) is 2. The molecule has 2 aromatic carbocycles. The summed E-state index contributed by atoms with van der Waals surface area (Å²) >= 11 is 1.71. The number of rotatable bonds is 10. The van der Waals surface area contributed by atoms with E-state index in [4.69, 9.17) is 14.2 Å². The second-order valence-corrected chi connectivity index (χ2v) is 9.57. The minimum atomic E-state index is -0.239. The highest BCUT2D eigenvalue weighted by atomic mass is 32.1. The van der Waals surface area contributed by atoms with E-state index in [0.717, 1.165) is 18.4 Å². The van der Waals surface area contributed by atoms with Crippen LogP contribution in [0.25, 0.3) is 0 Å². The summed E-state index contributed by atoms with van der Waals surface area (Å²) in [6.07, 6.45) is 1.55. The Balaban J connectivity index is 1.52. The molecule has 0 bridgehead atoms. The molecule has 0 radical (unpaired) electrons. The van der Waals surface area contributed by atoms with E-state index >= 15 is 0 Å². The quantitative estimate of drug-likeness (QED) is 0.393. The zero-order valence-electron chi connectivity index (χ0n) is 20.9. The normalized spacial score (nSPS) is 14.6. The number of methoxy groups -OCH3 is 2. The van der Waals surface area contributed by atoms with Gasteiger partial charge in [-0.25, -0.2) is 0 Å². The summed E-state index contributed by atoms with van der Waals surface area (Å²) in [4.78, 5) is 31.6. The molecule has 7 nitrogen and oxygen atoms in total. The van der Waals surface area contributed by atoms with Gasteiger partial charge in [0.05, 0.1) is 20.3 Å². The number of carbonyl (C=O) groups is 2. The predicted octanol–water partition coefficient (Wildman–Crippen LogP) is 4.82. The number of fused-ring (bicyclic) bond motifs is 1. The van der Waals surface area contributed by atoms with E-state index in [-0.39, 0.29) is 24.4 Å². The van der Waals surface area contributed by atoms with Crippen molar-refractivity contribution in [2.24, 2.45) is 0 Å². The van der Waals surface area contributed by atoms with E-state index < -0.39 is 0 Å². The van der Waals surface area contributed by atoms with Crippen LogP contribution in [0.1, 0.15) is 40.2 Å². The van der Waals surface area contributed by atoms with Crippen LogP contribution in [0.3, 0.4) is 0 Å². The van der Waals surface area contributed by atoms with E-state index in [9.17, 15) is 9.59 Å². The molecule has 0 N–H and O–H groups in total. The van der Waals surface area contributed by atoms with Gasteiger partial charge in [0.25, 0.3) is 5.91 Å². The van der Waals surface area contributed by atoms with Crippen molar-refractivity contribution in [2.75, 3.05) is 40.5 Å². The van der Waals surface area contributed by atoms with Crippen LogP contribution in [0.4, 0.5) is 0 Å². The Morgan fingerprint density at radius 1 is 1.03 bits per heavy atom. The van der Waals surface area contributed by atoms with Gasteiger partial charge in [-0.3, -0.25) is 9.59 Å². The third kappa shape index (κ3) is 5.65. The molecule has 1 aliphatic heterocycles. The number of thiophene rings is 1. The molecule has 190 valence electrons. The van der Waals surface area contributed by atoms with Gasteiger partial charge in [0.1, 0.15) is 18.9 Å². The van der Waals surface area contributed by atoms with Crippen LogP contribution in [0, 0.1) is 0 Å². The third-order valence-corrected chi connectivity index (χ3v) is 7.32. The number of carbonyl (C=O) groups excluding carboxylic acids is 2. The molecule has 1 aromatic heterocycles. The molecule has 4 rings (SSSR count). The maximum absolute atomic E-state index is 13.6. The molecule has 0 saturated heterocycles. The topological polar surface area (TPSA) is 68.3 Å². The average Bonchev–Trinajstić information content (AvgIpc) is 3.40. The summed E-state index contributed by atoms with van der Waals surface area (Å²) < 4.78 is 16.8.